The molecule has 4 nitrogen and oxygen atoms in total. The monoisotopic (exact) mass is 341 g/mol. The molecule has 0 saturated carbocycles. The molecule has 0 bridgehead atoms. The molecule has 0 aliphatic rings. The van der Waals surface area contributed by atoms with Crippen LogP contribution in [-0.2, 0) is 14.6 Å². The number of rotatable bonds is 4. The second-order valence-corrected chi connectivity index (χ2v) is 6.17. The van der Waals surface area contributed by atoms with Crippen LogP contribution >= 0.6 is 28.3 Å². The van der Waals surface area contributed by atoms with E-state index in [0.717, 1.165) is 4.47 Å². The third-order valence-corrected chi connectivity index (χ3v) is 4.28. The third kappa shape index (κ3) is 5.06. The van der Waals surface area contributed by atoms with E-state index in [1.807, 2.05) is 0 Å². The quantitative estimate of drug-likeness (QED) is 0.675. The van der Waals surface area contributed by atoms with Crippen LogP contribution in [0.1, 0.15) is 6.42 Å². The smallest absolute Gasteiger partial charge is 0.181 e. The normalized spacial score (nSPS) is 10.5. The van der Waals surface area contributed by atoms with E-state index in [1.54, 1.807) is 12.1 Å². The minimum absolute atomic E-state index is 0. The van der Waals surface area contributed by atoms with Crippen molar-refractivity contribution in [3.05, 3.63) is 28.7 Å². The van der Waals surface area contributed by atoms with Gasteiger partial charge < -0.3 is 4.74 Å². The maximum absolute atomic E-state index is 11.8. The number of hydrogen-bond acceptors (Lipinski definition) is 4. The lowest BCUT2D eigenvalue weighted by Crippen LogP contribution is -2.11. The highest BCUT2D eigenvalue weighted by Crippen LogP contribution is 2.16. The lowest BCUT2D eigenvalue weighted by atomic mass is 10.4. The first-order chi connectivity index (χ1) is 7.45. The molecule has 0 saturated heterocycles. The lowest BCUT2D eigenvalue weighted by Gasteiger charge is -2.05. The first-order valence-corrected chi connectivity index (χ1v) is 7.00. The Morgan fingerprint density at radius 3 is 2.35 bits per heavy atom. The summed E-state index contributed by atoms with van der Waals surface area (Å²) in [7, 11) is -1.97. The van der Waals surface area contributed by atoms with Crippen molar-refractivity contribution in [3.8, 4) is 0 Å². The Balaban J connectivity index is 0.00000256. The Bertz CT molecular complexity index is 473. The molecule has 1 aromatic carbocycles. The Hall–Kier alpha value is -0.590. The van der Waals surface area contributed by atoms with Gasteiger partial charge in [-0.1, -0.05) is 15.9 Å². The Morgan fingerprint density at radius 2 is 1.88 bits per heavy atom. The van der Waals surface area contributed by atoms with Crippen molar-refractivity contribution in [1.82, 2.24) is 0 Å². The first kappa shape index (κ1) is 16.4. The minimum Gasteiger partial charge on any atom is -0.484 e. The zero-order valence-corrected chi connectivity index (χ0v) is 12.4. The van der Waals surface area contributed by atoms with Gasteiger partial charge in [0.25, 0.3) is 0 Å². The number of sulfone groups is 1. The summed E-state index contributed by atoms with van der Waals surface area (Å²) in [4.78, 5) is 0.264. The number of nitrogens with one attached hydrogen (secondary N) is 1. The molecule has 1 N–H and O–H groups in total. The van der Waals surface area contributed by atoms with Gasteiger partial charge in [-0.3, -0.25) is 5.41 Å². The van der Waals surface area contributed by atoms with Gasteiger partial charge in [-0.2, -0.15) is 0 Å². The number of hydrogen-bond donors (Lipinski definition) is 1. The zero-order chi connectivity index (χ0) is 12.2. The fourth-order valence-corrected chi connectivity index (χ4v) is 2.59. The molecule has 1 rings (SSSR count). The van der Waals surface area contributed by atoms with Gasteiger partial charge in [-0.25, -0.2) is 8.42 Å². The molecule has 7 heteroatoms. The number of ether oxygens (including phenoxy) is 1. The van der Waals surface area contributed by atoms with Gasteiger partial charge in [0.05, 0.1) is 17.8 Å². The molecule has 17 heavy (non-hydrogen) atoms. The molecular weight excluding hydrogens is 330 g/mol. The van der Waals surface area contributed by atoms with Gasteiger partial charge in [0.15, 0.2) is 15.7 Å². The van der Waals surface area contributed by atoms with Gasteiger partial charge in [0.2, 0.25) is 0 Å². The average Bonchev–Trinajstić information content (AvgIpc) is 2.26. The molecule has 0 aliphatic heterocycles. The molecule has 0 fully saturated rings. The number of methoxy groups -OCH3 is 1. The molecular formula is C10H13BrClNO3S. The fourth-order valence-electron chi connectivity index (χ4n) is 1.09. The average molecular weight is 343 g/mol. The first-order valence-electron chi connectivity index (χ1n) is 4.55. The largest absolute Gasteiger partial charge is 0.484 e. The topological polar surface area (TPSA) is 67.2 Å². The van der Waals surface area contributed by atoms with E-state index in [9.17, 15) is 8.42 Å². The van der Waals surface area contributed by atoms with Crippen molar-refractivity contribution in [2.75, 3.05) is 12.9 Å². The summed E-state index contributed by atoms with van der Waals surface area (Å²) in [5.41, 5.74) is 0. The van der Waals surface area contributed by atoms with Gasteiger partial charge in [-0.05, 0) is 24.3 Å². The van der Waals surface area contributed by atoms with E-state index >= 15 is 0 Å². The van der Waals surface area contributed by atoms with Crippen LogP contribution in [0.4, 0.5) is 0 Å². The van der Waals surface area contributed by atoms with Crippen molar-refractivity contribution >= 4 is 44.1 Å². The number of benzene rings is 1. The second kappa shape index (κ2) is 6.98. The highest BCUT2D eigenvalue weighted by Gasteiger charge is 2.15. The van der Waals surface area contributed by atoms with Crippen LogP contribution in [-0.4, -0.2) is 27.2 Å². The molecule has 0 heterocycles. The lowest BCUT2D eigenvalue weighted by molar-refractivity contribution is 0.388. The van der Waals surface area contributed by atoms with Crippen molar-refractivity contribution in [2.45, 2.75) is 11.3 Å². The molecule has 0 aliphatic carbocycles. The molecule has 1 aromatic rings. The van der Waals surface area contributed by atoms with E-state index in [1.165, 1.54) is 19.2 Å². The summed E-state index contributed by atoms with van der Waals surface area (Å²) in [6.45, 7) is 0. The molecule has 0 aromatic heterocycles. The van der Waals surface area contributed by atoms with E-state index < -0.39 is 9.84 Å². The summed E-state index contributed by atoms with van der Waals surface area (Å²) in [5, 5.41) is 7.22. The summed E-state index contributed by atoms with van der Waals surface area (Å²) < 4.78 is 29.0. The molecule has 0 unspecified atom stereocenters. The van der Waals surface area contributed by atoms with E-state index in [4.69, 9.17) is 5.41 Å². The maximum Gasteiger partial charge on any atom is 0.181 e. The predicted octanol–water partition coefficient (Wildman–Crippen LogP) is 2.66. The molecule has 0 radical (unpaired) electrons. The standard InChI is InChI=1S/C10H12BrNO3S.ClH/c1-15-10(12)6-7-16(13,14)9-4-2-8(11)3-5-9;/h2-5,12H,6-7H2,1H3;1H. The predicted molar refractivity (Wildman–Crippen MR) is 72.8 cm³/mol. The Labute approximate surface area is 115 Å². The number of halogens is 2. The van der Waals surface area contributed by atoms with Gasteiger partial charge in [0, 0.05) is 10.9 Å². The minimum atomic E-state index is -3.32. The highest BCUT2D eigenvalue weighted by molar-refractivity contribution is 9.10. The zero-order valence-electron chi connectivity index (χ0n) is 9.14. The van der Waals surface area contributed by atoms with Crippen molar-refractivity contribution in [2.24, 2.45) is 0 Å². The van der Waals surface area contributed by atoms with Crippen LogP contribution in [0.3, 0.4) is 0 Å². The fraction of sp³-hybridized carbons (Fsp3) is 0.300. The van der Waals surface area contributed by atoms with Crippen molar-refractivity contribution in [1.29, 1.82) is 5.41 Å². The van der Waals surface area contributed by atoms with Crippen LogP contribution in [0.15, 0.2) is 33.6 Å². The van der Waals surface area contributed by atoms with E-state index in [-0.39, 0.29) is 35.4 Å². The summed E-state index contributed by atoms with van der Waals surface area (Å²) >= 11 is 3.24. The second-order valence-electron chi connectivity index (χ2n) is 3.15. The van der Waals surface area contributed by atoms with Crippen LogP contribution in [0, 0.1) is 5.41 Å². The molecule has 0 atom stereocenters. The Kier molecular flexibility index (Phi) is 6.74. The summed E-state index contributed by atoms with van der Waals surface area (Å²) in [6, 6.07) is 6.43. The molecule has 0 spiro atoms. The van der Waals surface area contributed by atoms with Crippen molar-refractivity contribution < 1.29 is 13.2 Å². The van der Waals surface area contributed by atoms with Crippen LogP contribution in [0.25, 0.3) is 0 Å². The van der Waals surface area contributed by atoms with Crippen LogP contribution in [0.2, 0.25) is 0 Å². The summed E-state index contributed by atoms with van der Waals surface area (Å²) in [5.74, 6) is -0.137. The van der Waals surface area contributed by atoms with Gasteiger partial charge >= 0.3 is 0 Å². The van der Waals surface area contributed by atoms with Gasteiger partial charge in [-0.15, -0.1) is 12.4 Å². The Morgan fingerprint density at radius 1 is 1.35 bits per heavy atom. The van der Waals surface area contributed by atoms with E-state index in [0.29, 0.717) is 0 Å². The van der Waals surface area contributed by atoms with E-state index in [2.05, 4.69) is 20.7 Å². The SMILES string of the molecule is COC(=N)CCS(=O)(=O)c1ccc(Br)cc1.Cl. The van der Waals surface area contributed by atoms with Crippen LogP contribution < -0.4 is 0 Å². The highest BCUT2D eigenvalue weighted by atomic mass is 79.9. The third-order valence-electron chi connectivity index (χ3n) is 2.02. The van der Waals surface area contributed by atoms with Gasteiger partial charge in [0.1, 0.15) is 0 Å². The maximum atomic E-state index is 11.8. The van der Waals surface area contributed by atoms with Crippen molar-refractivity contribution in [3.63, 3.8) is 0 Å². The summed E-state index contributed by atoms with van der Waals surface area (Å²) in [6.07, 6.45) is 0.0922. The molecule has 96 valence electrons. The molecule has 0 amide bonds. The van der Waals surface area contributed by atoms with Crippen LogP contribution in [0.5, 0.6) is 0 Å².